The second-order valence-corrected chi connectivity index (χ2v) is 3.97. The summed E-state index contributed by atoms with van der Waals surface area (Å²) in [5.41, 5.74) is 1.68. The van der Waals surface area contributed by atoms with Gasteiger partial charge in [-0.1, -0.05) is 0 Å². The summed E-state index contributed by atoms with van der Waals surface area (Å²) >= 11 is 0. The predicted molar refractivity (Wildman–Crippen MR) is 56.8 cm³/mol. The van der Waals surface area contributed by atoms with Crippen LogP contribution in [0.5, 0.6) is 0 Å². The van der Waals surface area contributed by atoms with Gasteiger partial charge in [0.15, 0.2) is 5.78 Å². The molecule has 3 nitrogen and oxygen atoms in total. The molecule has 15 heavy (non-hydrogen) atoms. The van der Waals surface area contributed by atoms with Crippen LogP contribution in [0.4, 0.5) is 0 Å². The van der Waals surface area contributed by atoms with Crippen molar-refractivity contribution in [3.05, 3.63) is 29.6 Å². The number of carbonyl (C=O) groups excluding carboxylic acids is 1. The molecular weight excluding hydrogens is 190 g/mol. The minimum Gasteiger partial charge on any atom is -0.381 e. The zero-order chi connectivity index (χ0) is 10.7. The summed E-state index contributed by atoms with van der Waals surface area (Å²) in [6.07, 6.45) is 3.35. The van der Waals surface area contributed by atoms with E-state index in [4.69, 9.17) is 4.74 Å². The molecule has 1 aromatic heterocycles. The van der Waals surface area contributed by atoms with E-state index < -0.39 is 0 Å². The van der Waals surface area contributed by atoms with Crippen LogP contribution in [0.25, 0.3) is 0 Å². The van der Waals surface area contributed by atoms with Crippen LogP contribution >= 0.6 is 0 Å². The summed E-state index contributed by atoms with van der Waals surface area (Å²) in [5, 5.41) is 0. The van der Waals surface area contributed by atoms with Crippen LogP contribution in [-0.2, 0) is 4.74 Å². The van der Waals surface area contributed by atoms with E-state index in [2.05, 4.69) is 4.98 Å². The zero-order valence-electron chi connectivity index (χ0n) is 8.90. The van der Waals surface area contributed by atoms with Crippen LogP contribution in [0.15, 0.2) is 18.3 Å². The summed E-state index contributed by atoms with van der Waals surface area (Å²) < 4.78 is 5.24. The van der Waals surface area contributed by atoms with Crippen LogP contribution in [-0.4, -0.2) is 24.0 Å². The number of hydrogen-bond donors (Lipinski definition) is 0. The lowest BCUT2D eigenvalue weighted by atomic mass is 9.93. The summed E-state index contributed by atoms with van der Waals surface area (Å²) in [6.45, 7) is 3.37. The molecule has 0 atom stereocenters. The van der Waals surface area contributed by atoms with Crippen molar-refractivity contribution in [2.24, 2.45) is 5.92 Å². The van der Waals surface area contributed by atoms with Crippen LogP contribution in [0, 0.1) is 12.8 Å². The molecule has 3 heteroatoms. The van der Waals surface area contributed by atoms with Crippen molar-refractivity contribution in [2.75, 3.05) is 13.2 Å². The third kappa shape index (κ3) is 2.42. The van der Waals surface area contributed by atoms with E-state index in [9.17, 15) is 4.79 Å². The molecule has 0 spiro atoms. The smallest absolute Gasteiger partial charge is 0.184 e. The van der Waals surface area contributed by atoms with Gasteiger partial charge in [-0.2, -0.15) is 0 Å². The van der Waals surface area contributed by atoms with Gasteiger partial charge >= 0.3 is 0 Å². The Morgan fingerprint density at radius 3 is 2.87 bits per heavy atom. The van der Waals surface area contributed by atoms with Gasteiger partial charge in [-0.05, 0) is 37.5 Å². The Balaban J connectivity index is 2.12. The van der Waals surface area contributed by atoms with E-state index >= 15 is 0 Å². The van der Waals surface area contributed by atoms with Crippen molar-refractivity contribution in [2.45, 2.75) is 19.8 Å². The SMILES string of the molecule is Cc1ccnc(C(=O)C2CCOCC2)c1. The summed E-state index contributed by atoms with van der Waals surface area (Å²) in [6, 6.07) is 3.76. The topological polar surface area (TPSA) is 39.2 Å². The van der Waals surface area contributed by atoms with Gasteiger partial charge in [0, 0.05) is 25.3 Å². The van der Waals surface area contributed by atoms with Gasteiger partial charge in [0.25, 0.3) is 0 Å². The number of pyridine rings is 1. The van der Waals surface area contributed by atoms with E-state index in [1.807, 2.05) is 19.1 Å². The fraction of sp³-hybridized carbons (Fsp3) is 0.500. The molecule has 0 aromatic carbocycles. The predicted octanol–water partition coefficient (Wildman–Crippen LogP) is 2.00. The van der Waals surface area contributed by atoms with Gasteiger partial charge in [0.1, 0.15) is 5.69 Å². The van der Waals surface area contributed by atoms with E-state index in [1.165, 1.54) is 0 Å². The third-order valence-electron chi connectivity index (χ3n) is 2.76. The number of aromatic nitrogens is 1. The molecule has 0 bridgehead atoms. The lowest BCUT2D eigenvalue weighted by Gasteiger charge is -2.20. The van der Waals surface area contributed by atoms with Gasteiger partial charge in [0.05, 0.1) is 0 Å². The Morgan fingerprint density at radius 2 is 2.20 bits per heavy atom. The minimum absolute atomic E-state index is 0.105. The lowest BCUT2D eigenvalue weighted by Crippen LogP contribution is -2.24. The zero-order valence-corrected chi connectivity index (χ0v) is 8.90. The Kier molecular flexibility index (Phi) is 3.11. The molecule has 1 fully saturated rings. The average molecular weight is 205 g/mol. The van der Waals surface area contributed by atoms with Crippen LogP contribution in [0.3, 0.4) is 0 Å². The Morgan fingerprint density at radius 1 is 1.47 bits per heavy atom. The highest BCUT2D eigenvalue weighted by molar-refractivity contribution is 5.96. The Labute approximate surface area is 89.5 Å². The first kappa shape index (κ1) is 10.3. The second-order valence-electron chi connectivity index (χ2n) is 3.97. The van der Waals surface area contributed by atoms with Crippen molar-refractivity contribution < 1.29 is 9.53 Å². The fourth-order valence-electron chi connectivity index (χ4n) is 1.84. The average Bonchev–Trinajstić information content (AvgIpc) is 2.29. The quantitative estimate of drug-likeness (QED) is 0.693. The molecule has 1 saturated heterocycles. The highest BCUT2D eigenvalue weighted by Gasteiger charge is 2.23. The van der Waals surface area contributed by atoms with E-state index in [1.54, 1.807) is 6.20 Å². The van der Waals surface area contributed by atoms with Gasteiger partial charge in [0.2, 0.25) is 0 Å². The van der Waals surface area contributed by atoms with Crippen molar-refractivity contribution in [1.29, 1.82) is 0 Å². The molecule has 0 saturated carbocycles. The van der Waals surface area contributed by atoms with Crippen molar-refractivity contribution in [3.8, 4) is 0 Å². The number of ketones is 1. The highest BCUT2D eigenvalue weighted by Crippen LogP contribution is 2.19. The third-order valence-corrected chi connectivity index (χ3v) is 2.76. The molecule has 2 rings (SSSR count). The largest absolute Gasteiger partial charge is 0.381 e. The molecule has 80 valence electrons. The van der Waals surface area contributed by atoms with Crippen molar-refractivity contribution in [1.82, 2.24) is 4.98 Å². The molecule has 1 aliphatic rings. The van der Waals surface area contributed by atoms with Gasteiger partial charge in [-0.15, -0.1) is 0 Å². The van der Waals surface area contributed by atoms with E-state index in [0.29, 0.717) is 18.9 Å². The molecule has 0 N–H and O–H groups in total. The molecule has 1 aromatic rings. The summed E-state index contributed by atoms with van der Waals surface area (Å²) in [4.78, 5) is 16.2. The number of carbonyl (C=O) groups is 1. The molecule has 0 amide bonds. The number of Topliss-reactive ketones (excluding diaryl/α,β-unsaturated/α-hetero) is 1. The molecule has 0 radical (unpaired) electrons. The monoisotopic (exact) mass is 205 g/mol. The van der Waals surface area contributed by atoms with Gasteiger partial charge in [-0.25, -0.2) is 0 Å². The van der Waals surface area contributed by atoms with Crippen molar-refractivity contribution >= 4 is 5.78 Å². The number of nitrogens with zero attached hydrogens (tertiary/aromatic N) is 1. The molecular formula is C12H15NO2. The molecule has 1 aliphatic heterocycles. The standard InChI is InChI=1S/C12H15NO2/c1-9-2-5-13-11(8-9)12(14)10-3-6-15-7-4-10/h2,5,8,10H,3-4,6-7H2,1H3. The van der Waals surface area contributed by atoms with Crippen LogP contribution in [0.2, 0.25) is 0 Å². The number of rotatable bonds is 2. The highest BCUT2D eigenvalue weighted by atomic mass is 16.5. The number of aryl methyl sites for hydroxylation is 1. The molecule has 2 heterocycles. The van der Waals surface area contributed by atoms with E-state index in [-0.39, 0.29) is 11.7 Å². The minimum atomic E-state index is 0.105. The lowest BCUT2D eigenvalue weighted by molar-refractivity contribution is 0.0541. The summed E-state index contributed by atoms with van der Waals surface area (Å²) in [5.74, 6) is 0.273. The second kappa shape index (κ2) is 4.53. The number of ether oxygens (including phenoxy) is 1. The van der Waals surface area contributed by atoms with E-state index in [0.717, 1.165) is 18.4 Å². The number of hydrogen-bond acceptors (Lipinski definition) is 3. The van der Waals surface area contributed by atoms with Crippen LogP contribution in [0.1, 0.15) is 28.9 Å². The van der Waals surface area contributed by atoms with Gasteiger partial charge in [-0.3, -0.25) is 9.78 Å². The molecule has 0 aliphatic carbocycles. The van der Waals surface area contributed by atoms with Crippen LogP contribution < -0.4 is 0 Å². The van der Waals surface area contributed by atoms with Crippen molar-refractivity contribution in [3.63, 3.8) is 0 Å². The maximum Gasteiger partial charge on any atom is 0.184 e. The summed E-state index contributed by atoms with van der Waals surface area (Å²) in [7, 11) is 0. The maximum atomic E-state index is 12.0. The van der Waals surface area contributed by atoms with Gasteiger partial charge < -0.3 is 4.74 Å². The normalized spacial score (nSPS) is 17.7. The maximum absolute atomic E-state index is 12.0. The Bertz CT molecular complexity index is 356. The first-order valence-electron chi connectivity index (χ1n) is 5.32. The Hall–Kier alpha value is -1.22. The fourth-order valence-corrected chi connectivity index (χ4v) is 1.84. The molecule has 0 unspecified atom stereocenters. The first-order valence-corrected chi connectivity index (χ1v) is 5.32. The first-order chi connectivity index (χ1) is 7.27.